The first kappa shape index (κ1) is 44.9. The molecule has 3 aromatic rings. The number of carbonyl (C=O) groups excluding carboxylic acids is 5. The lowest BCUT2D eigenvalue weighted by Gasteiger charge is -2.49. The molecule has 1 aromatic heterocycles. The van der Waals surface area contributed by atoms with Crippen molar-refractivity contribution in [1.29, 1.82) is 0 Å². The van der Waals surface area contributed by atoms with Gasteiger partial charge in [0.2, 0.25) is 11.0 Å². The Bertz CT molecular complexity index is 2080. The fourth-order valence-corrected chi connectivity index (χ4v) is 9.30. The second-order valence-corrected chi connectivity index (χ2v) is 19.5. The average molecular weight is 968 g/mol. The minimum Gasteiger partial charge on any atom is -0.614 e. The van der Waals surface area contributed by atoms with E-state index < -0.39 is 81.1 Å². The minimum absolute atomic E-state index is 0.0527. The molecule has 3 heterocycles. The van der Waals surface area contributed by atoms with Crippen molar-refractivity contribution in [1.82, 2.24) is 15.2 Å². The number of nitrogens with one attached hydrogen (secondary N) is 2. The molecule has 0 saturated carbocycles. The number of nitrogens with zero attached hydrogens (tertiary/aromatic N) is 3. The highest BCUT2D eigenvalue weighted by molar-refractivity contribution is 14.1. The molecule has 0 spiro atoms. The zero-order chi connectivity index (χ0) is 42.7. The van der Waals surface area contributed by atoms with E-state index in [9.17, 15) is 28.5 Å². The number of oxime groups is 1. The molecule has 2 N–H and O–H groups in total. The summed E-state index contributed by atoms with van der Waals surface area (Å²) < 4.78 is 30.7. The Morgan fingerprint density at radius 3 is 2.09 bits per heavy atom. The predicted molar refractivity (Wildman–Crippen MR) is 227 cm³/mol. The number of anilines is 1. The molecule has 3 amide bonds. The molecular weight excluding hydrogens is 925 g/mol. The minimum atomic E-state index is -1.77. The Kier molecular flexibility index (Phi) is 13.9. The molecule has 1 saturated heterocycles. The van der Waals surface area contributed by atoms with Crippen molar-refractivity contribution in [2.24, 2.45) is 5.16 Å². The van der Waals surface area contributed by atoms with Crippen LogP contribution in [0, 0.1) is 0 Å². The van der Waals surface area contributed by atoms with Crippen LogP contribution in [0.2, 0.25) is 4.34 Å². The van der Waals surface area contributed by atoms with Gasteiger partial charge in [0, 0.05) is 10.0 Å². The van der Waals surface area contributed by atoms with Crippen LogP contribution in [0.5, 0.6) is 0 Å². The first-order valence-corrected chi connectivity index (χ1v) is 22.0. The van der Waals surface area contributed by atoms with Crippen molar-refractivity contribution in [3.8, 4) is 0 Å². The normalized spacial score (nSPS) is 18.6. The molecule has 2 aliphatic heterocycles. The predicted octanol–water partition coefficient (Wildman–Crippen LogP) is 6.42. The van der Waals surface area contributed by atoms with E-state index in [1.165, 1.54) is 13.8 Å². The van der Waals surface area contributed by atoms with Gasteiger partial charge in [0.05, 0.1) is 0 Å². The molecule has 0 unspecified atom stereocenters. The van der Waals surface area contributed by atoms with Gasteiger partial charge < -0.3 is 28.9 Å². The SMILES string of the molecule is CC(C)(C)OC(=O)Nc1nc(C(=NOC(C)(C)C(=O)OC(C)(C)C)C(=O)N[C@@H]2C(=O)N3C(C(=O)OC(c4ccccc4)c4ccccc4)=C(CI)C[S@@+]([O-])[C@H]23)c(Cl)s1. The average Bonchev–Trinajstić information content (AvgIpc) is 3.49. The summed E-state index contributed by atoms with van der Waals surface area (Å²) in [6.07, 6.45) is -1.67. The topological polar surface area (TPSA) is 198 Å². The Morgan fingerprint density at radius 2 is 1.55 bits per heavy atom. The monoisotopic (exact) mass is 967 g/mol. The van der Waals surface area contributed by atoms with Crippen LogP contribution in [0.25, 0.3) is 0 Å². The number of thiazole rings is 1. The van der Waals surface area contributed by atoms with Crippen LogP contribution in [-0.2, 0) is 49.4 Å². The number of fused-ring (bicyclic) bond motifs is 1. The number of hydrogen-bond acceptors (Lipinski definition) is 13. The summed E-state index contributed by atoms with van der Waals surface area (Å²) in [5.41, 5.74) is -2.52. The van der Waals surface area contributed by atoms with Gasteiger partial charge in [-0.05, 0) is 77.7 Å². The smallest absolute Gasteiger partial charge is 0.413 e. The number of β-lactam (4-membered cyclic amide) rings is 1. The van der Waals surface area contributed by atoms with Crippen molar-refractivity contribution >= 4 is 97.4 Å². The molecular formula is C39H43ClIN5O10S2. The van der Waals surface area contributed by atoms with Crippen LogP contribution in [0.1, 0.15) is 78.3 Å². The van der Waals surface area contributed by atoms with E-state index in [1.807, 2.05) is 83.3 Å². The van der Waals surface area contributed by atoms with Gasteiger partial charge in [0.25, 0.3) is 11.8 Å². The van der Waals surface area contributed by atoms with E-state index in [0.29, 0.717) is 16.7 Å². The van der Waals surface area contributed by atoms with E-state index in [1.54, 1.807) is 41.5 Å². The number of amides is 3. The van der Waals surface area contributed by atoms with E-state index in [-0.39, 0.29) is 31.0 Å². The third kappa shape index (κ3) is 10.7. The number of alkyl halides is 1. The standard InChI is InChI=1S/C39H43ClIN5O10S2/c1-37(2,3)54-34(50)39(7,8)56-45-25(24-29(40)57-35(43-24)44-36(51)55-38(4,5)6)30(47)42-26-31(48)46-27(23(19-41)20-58(52)32(26)46)33(49)53-28(21-15-11-9-12-16-21)22-17-13-10-14-18-22/h9-18,26,28,32H,19-20H2,1-8H3,(H,42,47)(H,43,44,51)/t26-,32-,58-/m1/s1. The summed E-state index contributed by atoms with van der Waals surface area (Å²) >= 11 is 7.58. The second kappa shape index (κ2) is 17.9. The van der Waals surface area contributed by atoms with Crippen LogP contribution in [0.3, 0.4) is 0 Å². The summed E-state index contributed by atoms with van der Waals surface area (Å²) in [5, 5.41) is 7.77. The number of rotatable bonds is 12. The Morgan fingerprint density at radius 1 is 0.983 bits per heavy atom. The highest BCUT2D eigenvalue weighted by atomic mass is 127. The van der Waals surface area contributed by atoms with Gasteiger partial charge in [-0.2, -0.15) is 0 Å². The summed E-state index contributed by atoms with van der Waals surface area (Å²) in [4.78, 5) is 78.7. The molecule has 5 rings (SSSR count). The van der Waals surface area contributed by atoms with Crippen LogP contribution in [0.4, 0.5) is 9.93 Å². The first-order chi connectivity index (χ1) is 27.1. The van der Waals surface area contributed by atoms with Gasteiger partial charge in [-0.1, -0.05) is 111 Å². The molecule has 2 aromatic carbocycles. The maximum atomic E-state index is 14.1. The summed E-state index contributed by atoms with van der Waals surface area (Å²) in [5.74, 6) is -3.46. The Hall–Kier alpha value is -4.24. The largest absolute Gasteiger partial charge is 0.614 e. The number of halogens is 2. The fourth-order valence-electron chi connectivity index (χ4n) is 5.58. The molecule has 19 heteroatoms. The van der Waals surface area contributed by atoms with E-state index >= 15 is 0 Å². The van der Waals surface area contributed by atoms with Crippen molar-refractivity contribution in [2.75, 3.05) is 15.5 Å². The van der Waals surface area contributed by atoms with Crippen molar-refractivity contribution in [3.05, 3.63) is 93.1 Å². The number of esters is 2. The number of benzene rings is 2. The van der Waals surface area contributed by atoms with Crippen LogP contribution < -0.4 is 10.6 Å². The molecule has 15 nitrogen and oxygen atoms in total. The molecule has 0 aliphatic carbocycles. The molecule has 3 atom stereocenters. The summed E-state index contributed by atoms with van der Waals surface area (Å²) in [6, 6.07) is 16.8. The molecule has 58 heavy (non-hydrogen) atoms. The van der Waals surface area contributed by atoms with Crippen LogP contribution >= 0.6 is 45.5 Å². The zero-order valence-electron chi connectivity index (χ0n) is 32.9. The quantitative estimate of drug-likeness (QED) is 0.0297. The van der Waals surface area contributed by atoms with Gasteiger partial charge in [-0.3, -0.25) is 19.8 Å². The van der Waals surface area contributed by atoms with Crippen LogP contribution in [-0.4, -0.2) is 88.4 Å². The maximum absolute atomic E-state index is 14.1. The molecule has 0 radical (unpaired) electrons. The van der Waals surface area contributed by atoms with Crippen molar-refractivity contribution < 1.29 is 47.6 Å². The van der Waals surface area contributed by atoms with Crippen molar-refractivity contribution in [2.45, 2.75) is 89.7 Å². The van der Waals surface area contributed by atoms with Gasteiger partial charge in [-0.25, -0.2) is 19.4 Å². The zero-order valence-corrected chi connectivity index (χ0v) is 37.5. The van der Waals surface area contributed by atoms with E-state index in [0.717, 1.165) is 16.2 Å². The van der Waals surface area contributed by atoms with Crippen LogP contribution in [0.15, 0.2) is 77.1 Å². The summed E-state index contributed by atoms with van der Waals surface area (Å²) in [6.45, 7) is 12.8. The Labute approximate surface area is 361 Å². The Balaban J connectivity index is 1.44. The fraction of sp³-hybridized carbons (Fsp3) is 0.410. The number of aromatic nitrogens is 1. The highest BCUT2D eigenvalue weighted by Gasteiger charge is 2.61. The number of carbonyl (C=O) groups is 5. The lowest BCUT2D eigenvalue weighted by atomic mass is 10.0. The number of ether oxygens (including phenoxy) is 3. The van der Waals surface area contributed by atoms with Gasteiger partial charge in [0.1, 0.15) is 32.7 Å². The third-order valence-corrected chi connectivity index (χ3v) is 11.9. The van der Waals surface area contributed by atoms with E-state index in [4.69, 9.17) is 30.6 Å². The van der Waals surface area contributed by atoms with E-state index in [2.05, 4.69) is 20.8 Å². The highest BCUT2D eigenvalue weighted by Crippen LogP contribution is 2.39. The van der Waals surface area contributed by atoms with Crippen molar-refractivity contribution in [3.63, 3.8) is 0 Å². The molecule has 310 valence electrons. The first-order valence-electron chi connectivity index (χ1n) is 17.9. The lowest BCUT2D eigenvalue weighted by molar-refractivity contribution is -0.179. The van der Waals surface area contributed by atoms with Gasteiger partial charge in [0.15, 0.2) is 23.0 Å². The third-order valence-electron chi connectivity index (χ3n) is 8.16. The molecule has 0 bridgehead atoms. The van der Waals surface area contributed by atoms with Gasteiger partial charge in [-0.15, -0.1) is 0 Å². The number of hydrogen-bond donors (Lipinski definition) is 2. The maximum Gasteiger partial charge on any atom is 0.413 e. The molecule has 2 aliphatic rings. The summed E-state index contributed by atoms with van der Waals surface area (Å²) in [7, 11) is 0. The lowest BCUT2D eigenvalue weighted by Crippen LogP contribution is -2.75. The second-order valence-electron chi connectivity index (χ2n) is 15.6. The molecule has 1 fully saturated rings. The van der Waals surface area contributed by atoms with Gasteiger partial charge >= 0.3 is 18.0 Å².